The van der Waals surface area contributed by atoms with Crippen LogP contribution in [-0.4, -0.2) is 16.4 Å². The molecular weight excluding hydrogens is 267 g/mol. The molecule has 1 aliphatic carbocycles. The lowest BCUT2D eigenvalue weighted by Gasteiger charge is -2.42. The van der Waals surface area contributed by atoms with Gasteiger partial charge in [0.1, 0.15) is 0 Å². The average molecular weight is 281 g/mol. The highest BCUT2D eigenvalue weighted by molar-refractivity contribution is 6.31. The van der Waals surface area contributed by atoms with Gasteiger partial charge in [-0.25, -0.2) is 0 Å². The van der Waals surface area contributed by atoms with Gasteiger partial charge in [0.15, 0.2) is 0 Å². The van der Waals surface area contributed by atoms with Crippen LogP contribution in [0.4, 0.5) is 5.69 Å². The highest BCUT2D eigenvalue weighted by atomic mass is 35.5. The maximum atomic E-state index is 6.09. The number of fused-ring (bicyclic) bond motifs is 1. The number of pyridine rings is 1. The molecule has 1 heterocycles. The van der Waals surface area contributed by atoms with Crippen LogP contribution in [0.3, 0.4) is 0 Å². The lowest BCUT2D eigenvalue weighted by Crippen LogP contribution is -2.46. The van der Waals surface area contributed by atoms with Gasteiger partial charge in [-0.2, -0.15) is 0 Å². The van der Waals surface area contributed by atoms with Crippen LogP contribution in [-0.2, 0) is 0 Å². The average Bonchev–Trinajstić information content (AvgIpc) is 2.33. The van der Waals surface area contributed by atoms with Crippen molar-refractivity contribution >= 4 is 39.8 Å². The molecule has 1 fully saturated rings. The zero-order valence-electron chi connectivity index (χ0n) is 9.92. The molecule has 0 amide bonds. The first-order valence-corrected chi connectivity index (χ1v) is 7.02. The lowest BCUT2D eigenvalue weighted by molar-refractivity contribution is 0.311. The number of nitrogens with one attached hydrogen (secondary N) is 1. The maximum absolute atomic E-state index is 6.09. The van der Waals surface area contributed by atoms with Gasteiger partial charge in [0, 0.05) is 28.2 Å². The van der Waals surface area contributed by atoms with Crippen molar-refractivity contribution < 1.29 is 0 Å². The highest BCUT2D eigenvalue weighted by Crippen LogP contribution is 2.38. The minimum Gasteiger partial charge on any atom is -0.378 e. The van der Waals surface area contributed by atoms with Crippen LogP contribution in [0.1, 0.15) is 19.3 Å². The monoisotopic (exact) mass is 280 g/mol. The third kappa shape index (κ3) is 2.04. The highest BCUT2D eigenvalue weighted by Gasteiger charge is 2.36. The molecule has 1 aromatic heterocycles. The van der Waals surface area contributed by atoms with E-state index in [1.807, 2.05) is 30.5 Å². The van der Waals surface area contributed by atoms with E-state index in [-0.39, 0.29) is 5.54 Å². The Hall–Kier alpha value is -0.990. The number of anilines is 1. The van der Waals surface area contributed by atoms with Gasteiger partial charge in [-0.3, -0.25) is 4.98 Å². The fourth-order valence-corrected chi connectivity index (χ4v) is 2.91. The first-order chi connectivity index (χ1) is 8.72. The van der Waals surface area contributed by atoms with E-state index in [2.05, 4.69) is 10.3 Å². The predicted octanol–water partition coefficient (Wildman–Crippen LogP) is 4.46. The second-order valence-electron chi connectivity index (χ2n) is 4.91. The van der Waals surface area contributed by atoms with Gasteiger partial charge in [0.2, 0.25) is 0 Å². The van der Waals surface area contributed by atoms with Crippen LogP contribution in [0.15, 0.2) is 30.5 Å². The fourth-order valence-electron chi connectivity index (χ4n) is 2.41. The van der Waals surface area contributed by atoms with Gasteiger partial charge in [0.05, 0.1) is 11.1 Å². The van der Waals surface area contributed by atoms with Crippen molar-refractivity contribution in [2.45, 2.75) is 24.8 Å². The molecule has 0 atom stereocenters. The quantitative estimate of drug-likeness (QED) is 0.840. The molecule has 1 N–H and O–H groups in total. The van der Waals surface area contributed by atoms with Crippen LogP contribution in [0.5, 0.6) is 0 Å². The van der Waals surface area contributed by atoms with Crippen molar-refractivity contribution in [3.63, 3.8) is 0 Å². The lowest BCUT2D eigenvalue weighted by atomic mass is 9.78. The normalized spacial score (nSPS) is 17.4. The third-order valence-corrected chi connectivity index (χ3v) is 4.42. The Morgan fingerprint density at radius 1 is 1.28 bits per heavy atom. The van der Waals surface area contributed by atoms with Crippen LogP contribution in [0.2, 0.25) is 5.02 Å². The predicted molar refractivity (Wildman–Crippen MR) is 77.7 cm³/mol. The van der Waals surface area contributed by atoms with Crippen LogP contribution in [0, 0.1) is 0 Å². The van der Waals surface area contributed by atoms with E-state index in [1.165, 1.54) is 6.42 Å². The summed E-state index contributed by atoms with van der Waals surface area (Å²) in [5, 5.41) is 5.40. The van der Waals surface area contributed by atoms with Crippen molar-refractivity contribution in [3.05, 3.63) is 35.5 Å². The SMILES string of the molecule is ClCC1(Nc2ccnc3cc(Cl)ccc23)CCC1. The summed E-state index contributed by atoms with van der Waals surface area (Å²) >= 11 is 12.1. The van der Waals surface area contributed by atoms with E-state index >= 15 is 0 Å². The Balaban J connectivity index is 2.01. The van der Waals surface area contributed by atoms with Crippen molar-refractivity contribution in [1.29, 1.82) is 0 Å². The molecule has 0 saturated heterocycles. The Labute approximate surface area is 116 Å². The third-order valence-electron chi connectivity index (χ3n) is 3.67. The Morgan fingerprint density at radius 2 is 2.11 bits per heavy atom. The molecule has 0 radical (unpaired) electrons. The zero-order chi connectivity index (χ0) is 12.6. The van der Waals surface area contributed by atoms with Gasteiger partial charge in [-0.1, -0.05) is 11.6 Å². The summed E-state index contributed by atoms with van der Waals surface area (Å²) in [6.45, 7) is 0. The maximum Gasteiger partial charge on any atom is 0.0737 e. The van der Waals surface area contributed by atoms with Crippen LogP contribution >= 0.6 is 23.2 Å². The van der Waals surface area contributed by atoms with Crippen molar-refractivity contribution in [1.82, 2.24) is 4.98 Å². The van der Waals surface area contributed by atoms with E-state index in [4.69, 9.17) is 23.2 Å². The van der Waals surface area contributed by atoms with Crippen molar-refractivity contribution in [2.75, 3.05) is 11.2 Å². The second-order valence-corrected chi connectivity index (χ2v) is 5.62. The van der Waals surface area contributed by atoms with E-state index in [9.17, 15) is 0 Å². The van der Waals surface area contributed by atoms with E-state index < -0.39 is 0 Å². The van der Waals surface area contributed by atoms with Gasteiger partial charge in [-0.15, -0.1) is 11.6 Å². The molecule has 2 nitrogen and oxygen atoms in total. The smallest absolute Gasteiger partial charge is 0.0737 e. The second kappa shape index (κ2) is 4.60. The molecule has 0 unspecified atom stereocenters. The number of hydrogen-bond donors (Lipinski definition) is 1. The van der Waals surface area contributed by atoms with E-state index in [0.717, 1.165) is 29.4 Å². The molecule has 2 aromatic rings. The zero-order valence-corrected chi connectivity index (χ0v) is 11.4. The first kappa shape index (κ1) is 12.1. The summed E-state index contributed by atoms with van der Waals surface area (Å²) in [6.07, 6.45) is 5.32. The summed E-state index contributed by atoms with van der Waals surface area (Å²) in [5.41, 5.74) is 2.07. The summed E-state index contributed by atoms with van der Waals surface area (Å²) in [4.78, 5) is 4.34. The summed E-state index contributed by atoms with van der Waals surface area (Å²) in [5.74, 6) is 0.643. The van der Waals surface area contributed by atoms with Crippen molar-refractivity contribution in [3.8, 4) is 0 Å². The first-order valence-electron chi connectivity index (χ1n) is 6.11. The van der Waals surface area contributed by atoms with Crippen LogP contribution in [0.25, 0.3) is 10.9 Å². The standard InChI is InChI=1S/C14H14Cl2N2/c15-9-14(5-1-6-14)18-12-4-7-17-13-8-10(16)2-3-11(12)13/h2-4,7-8H,1,5-6,9H2,(H,17,18). The number of aromatic nitrogens is 1. The Bertz CT molecular complexity index is 574. The van der Waals surface area contributed by atoms with Gasteiger partial charge in [0.25, 0.3) is 0 Å². The topological polar surface area (TPSA) is 24.9 Å². The largest absolute Gasteiger partial charge is 0.378 e. The van der Waals surface area contributed by atoms with Gasteiger partial charge in [-0.05, 0) is 43.5 Å². The molecule has 0 aliphatic heterocycles. The van der Waals surface area contributed by atoms with Gasteiger partial charge < -0.3 is 5.32 Å². The minimum absolute atomic E-state index is 0.0650. The summed E-state index contributed by atoms with van der Waals surface area (Å²) in [6, 6.07) is 7.79. The van der Waals surface area contributed by atoms with E-state index in [1.54, 1.807) is 0 Å². The Morgan fingerprint density at radius 3 is 2.78 bits per heavy atom. The van der Waals surface area contributed by atoms with Gasteiger partial charge >= 0.3 is 0 Å². The molecule has 0 spiro atoms. The summed E-state index contributed by atoms with van der Waals surface area (Å²) < 4.78 is 0. The fraction of sp³-hybridized carbons (Fsp3) is 0.357. The molecule has 1 aromatic carbocycles. The summed E-state index contributed by atoms with van der Waals surface area (Å²) in [7, 11) is 0. The molecule has 1 saturated carbocycles. The number of benzene rings is 1. The Kier molecular flexibility index (Phi) is 3.08. The number of hydrogen-bond acceptors (Lipinski definition) is 2. The molecule has 3 rings (SSSR count). The van der Waals surface area contributed by atoms with Crippen molar-refractivity contribution in [2.24, 2.45) is 0 Å². The number of rotatable bonds is 3. The minimum atomic E-state index is 0.0650. The molecule has 94 valence electrons. The molecule has 1 aliphatic rings. The number of halogens is 2. The van der Waals surface area contributed by atoms with E-state index in [0.29, 0.717) is 10.9 Å². The molecular formula is C14H14Cl2N2. The number of nitrogens with zero attached hydrogens (tertiary/aromatic N) is 1. The molecule has 18 heavy (non-hydrogen) atoms. The van der Waals surface area contributed by atoms with Crippen LogP contribution < -0.4 is 5.32 Å². The molecule has 0 bridgehead atoms. The molecule has 4 heteroatoms. The number of alkyl halides is 1.